The summed E-state index contributed by atoms with van der Waals surface area (Å²) in [5.74, 6) is 0.991. The van der Waals surface area contributed by atoms with Crippen LogP contribution in [0.3, 0.4) is 0 Å². The van der Waals surface area contributed by atoms with Crippen LogP contribution < -0.4 is 10.1 Å². The third-order valence-corrected chi connectivity index (χ3v) is 3.50. The molecule has 0 radical (unpaired) electrons. The SMILES string of the molecule is COc1cc(CN2CCNCC2C)ccc1C.Cl. The van der Waals surface area contributed by atoms with Crippen molar-refractivity contribution in [2.24, 2.45) is 0 Å². The summed E-state index contributed by atoms with van der Waals surface area (Å²) in [4.78, 5) is 2.51. The average molecular weight is 271 g/mol. The first-order valence-electron chi connectivity index (χ1n) is 6.29. The topological polar surface area (TPSA) is 24.5 Å². The minimum Gasteiger partial charge on any atom is -0.496 e. The molecule has 4 heteroatoms. The molecule has 1 heterocycles. The van der Waals surface area contributed by atoms with Gasteiger partial charge in [0.1, 0.15) is 5.75 Å². The summed E-state index contributed by atoms with van der Waals surface area (Å²) >= 11 is 0. The van der Waals surface area contributed by atoms with Gasteiger partial charge in [0.25, 0.3) is 0 Å². The predicted molar refractivity (Wildman–Crippen MR) is 77.7 cm³/mol. The second-order valence-electron chi connectivity index (χ2n) is 4.83. The number of methoxy groups -OCH3 is 1. The molecule has 0 aromatic heterocycles. The lowest BCUT2D eigenvalue weighted by atomic mass is 10.1. The smallest absolute Gasteiger partial charge is 0.122 e. The molecule has 0 aliphatic carbocycles. The number of hydrogen-bond donors (Lipinski definition) is 1. The van der Waals surface area contributed by atoms with E-state index in [0.29, 0.717) is 6.04 Å². The van der Waals surface area contributed by atoms with Crippen molar-refractivity contribution in [3.8, 4) is 5.75 Å². The first-order valence-corrected chi connectivity index (χ1v) is 6.29. The standard InChI is InChI=1S/C14H22N2O.ClH/c1-11-4-5-13(8-14(11)17-3)10-16-7-6-15-9-12(16)2;/h4-5,8,12,15H,6-7,9-10H2,1-3H3;1H. The minimum atomic E-state index is 0. The van der Waals surface area contributed by atoms with Gasteiger partial charge in [-0.25, -0.2) is 0 Å². The van der Waals surface area contributed by atoms with Gasteiger partial charge in [0.05, 0.1) is 7.11 Å². The highest BCUT2D eigenvalue weighted by Crippen LogP contribution is 2.20. The Bertz CT molecular complexity index is 384. The fourth-order valence-electron chi connectivity index (χ4n) is 2.32. The monoisotopic (exact) mass is 270 g/mol. The predicted octanol–water partition coefficient (Wildman–Crippen LogP) is 2.22. The van der Waals surface area contributed by atoms with Gasteiger partial charge in [0.2, 0.25) is 0 Å². The molecule has 1 atom stereocenters. The molecule has 1 N–H and O–H groups in total. The van der Waals surface area contributed by atoms with E-state index < -0.39 is 0 Å². The van der Waals surface area contributed by atoms with Gasteiger partial charge in [-0.3, -0.25) is 4.90 Å². The summed E-state index contributed by atoms with van der Waals surface area (Å²) in [6.45, 7) is 8.67. The third kappa shape index (κ3) is 3.61. The summed E-state index contributed by atoms with van der Waals surface area (Å²) in [6.07, 6.45) is 0. The number of halogens is 1. The number of piperazine rings is 1. The molecule has 1 fully saturated rings. The zero-order chi connectivity index (χ0) is 12.3. The molecule has 18 heavy (non-hydrogen) atoms. The molecule has 3 nitrogen and oxygen atoms in total. The van der Waals surface area contributed by atoms with Crippen molar-refractivity contribution in [1.29, 1.82) is 0 Å². The van der Waals surface area contributed by atoms with E-state index >= 15 is 0 Å². The number of nitrogens with zero attached hydrogens (tertiary/aromatic N) is 1. The zero-order valence-electron chi connectivity index (χ0n) is 11.4. The Hall–Kier alpha value is -0.770. The molecule has 2 rings (SSSR count). The molecular weight excluding hydrogens is 248 g/mol. The first-order chi connectivity index (χ1) is 8.20. The quantitative estimate of drug-likeness (QED) is 0.912. The van der Waals surface area contributed by atoms with Crippen LogP contribution in [0.25, 0.3) is 0 Å². The van der Waals surface area contributed by atoms with Gasteiger partial charge >= 0.3 is 0 Å². The summed E-state index contributed by atoms with van der Waals surface area (Å²) in [6, 6.07) is 7.11. The van der Waals surface area contributed by atoms with Crippen LogP contribution in [0.15, 0.2) is 18.2 Å². The maximum atomic E-state index is 5.37. The van der Waals surface area contributed by atoms with Crippen LogP contribution in [0, 0.1) is 6.92 Å². The molecule has 1 unspecified atom stereocenters. The Labute approximate surface area is 116 Å². The molecule has 102 valence electrons. The molecule has 1 aromatic carbocycles. The van der Waals surface area contributed by atoms with Crippen molar-refractivity contribution >= 4 is 12.4 Å². The van der Waals surface area contributed by atoms with Gasteiger partial charge in [-0.15, -0.1) is 12.4 Å². The maximum absolute atomic E-state index is 5.37. The van der Waals surface area contributed by atoms with E-state index in [1.807, 2.05) is 0 Å². The number of nitrogens with one attached hydrogen (secondary N) is 1. The lowest BCUT2D eigenvalue weighted by Gasteiger charge is -2.34. The second-order valence-corrected chi connectivity index (χ2v) is 4.83. The van der Waals surface area contributed by atoms with Crippen LogP contribution >= 0.6 is 12.4 Å². The Morgan fingerprint density at radius 3 is 2.89 bits per heavy atom. The van der Waals surface area contributed by atoms with Crippen molar-refractivity contribution in [3.05, 3.63) is 29.3 Å². The number of benzene rings is 1. The largest absolute Gasteiger partial charge is 0.496 e. The number of rotatable bonds is 3. The highest BCUT2D eigenvalue weighted by Gasteiger charge is 2.17. The van der Waals surface area contributed by atoms with E-state index in [1.54, 1.807) is 7.11 Å². The van der Waals surface area contributed by atoms with Crippen LogP contribution in [0.5, 0.6) is 5.75 Å². The van der Waals surface area contributed by atoms with Gasteiger partial charge < -0.3 is 10.1 Å². The summed E-state index contributed by atoms with van der Waals surface area (Å²) < 4.78 is 5.37. The molecular formula is C14H23ClN2O. The van der Waals surface area contributed by atoms with Crippen LogP contribution in [-0.2, 0) is 6.54 Å². The fourth-order valence-corrected chi connectivity index (χ4v) is 2.32. The van der Waals surface area contributed by atoms with E-state index in [1.165, 1.54) is 11.1 Å². The molecule has 1 saturated heterocycles. The van der Waals surface area contributed by atoms with Crippen LogP contribution in [0.2, 0.25) is 0 Å². The molecule has 0 amide bonds. The third-order valence-electron chi connectivity index (χ3n) is 3.50. The molecule has 1 aromatic rings. The summed E-state index contributed by atoms with van der Waals surface area (Å²) in [7, 11) is 1.74. The lowest BCUT2D eigenvalue weighted by Crippen LogP contribution is -2.49. The van der Waals surface area contributed by atoms with E-state index in [0.717, 1.165) is 31.9 Å². The zero-order valence-corrected chi connectivity index (χ0v) is 12.2. The Balaban J connectivity index is 0.00000162. The number of hydrogen-bond acceptors (Lipinski definition) is 3. The second kappa shape index (κ2) is 6.98. The fraction of sp³-hybridized carbons (Fsp3) is 0.571. The molecule has 0 bridgehead atoms. The van der Waals surface area contributed by atoms with E-state index in [-0.39, 0.29) is 12.4 Å². The normalized spacial score (nSPS) is 20.3. The molecule has 1 aliphatic rings. The van der Waals surface area contributed by atoms with Gasteiger partial charge in [0, 0.05) is 32.2 Å². The van der Waals surface area contributed by atoms with Gasteiger partial charge in [0.15, 0.2) is 0 Å². The number of aryl methyl sites for hydroxylation is 1. The summed E-state index contributed by atoms with van der Waals surface area (Å²) in [5.41, 5.74) is 2.53. The highest BCUT2D eigenvalue weighted by atomic mass is 35.5. The Kier molecular flexibility index (Phi) is 5.93. The van der Waals surface area contributed by atoms with Crippen molar-refractivity contribution in [2.45, 2.75) is 26.4 Å². The number of ether oxygens (including phenoxy) is 1. The van der Waals surface area contributed by atoms with Gasteiger partial charge in [-0.2, -0.15) is 0 Å². The lowest BCUT2D eigenvalue weighted by molar-refractivity contribution is 0.165. The molecule has 1 aliphatic heterocycles. The minimum absolute atomic E-state index is 0. The van der Waals surface area contributed by atoms with E-state index in [9.17, 15) is 0 Å². The maximum Gasteiger partial charge on any atom is 0.122 e. The van der Waals surface area contributed by atoms with Crippen LogP contribution in [-0.4, -0.2) is 37.7 Å². The Morgan fingerprint density at radius 1 is 1.44 bits per heavy atom. The highest BCUT2D eigenvalue weighted by molar-refractivity contribution is 5.85. The van der Waals surface area contributed by atoms with Crippen LogP contribution in [0.1, 0.15) is 18.1 Å². The first kappa shape index (κ1) is 15.3. The van der Waals surface area contributed by atoms with Gasteiger partial charge in [-0.1, -0.05) is 12.1 Å². The van der Waals surface area contributed by atoms with Crippen molar-refractivity contribution in [2.75, 3.05) is 26.7 Å². The van der Waals surface area contributed by atoms with Gasteiger partial charge in [-0.05, 0) is 31.0 Å². The van der Waals surface area contributed by atoms with E-state index in [2.05, 4.69) is 42.3 Å². The molecule has 0 spiro atoms. The van der Waals surface area contributed by atoms with Crippen molar-refractivity contribution < 1.29 is 4.74 Å². The van der Waals surface area contributed by atoms with E-state index in [4.69, 9.17) is 4.74 Å². The Morgan fingerprint density at radius 2 is 2.22 bits per heavy atom. The van der Waals surface area contributed by atoms with Crippen LogP contribution in [0.4, 0.5) is 0 Å². The summed E-state index contributed by atoms with van der Waals surface area (Å²) in [5, 5.41) is 3.42. The van der Waals surface area contributed by atoms with Crippen molar-refractivity contribution in [3.63, 3.8) is 0 Å². The molecule has 0 saturated carbocycles. The average Bonchev–Trinajstić information content (AvgIpc) is 2.34. The van der Waals surface area contributed by atoms with Crippen molar-refractivity contribution in [1.82, 2.24) is 10.2 Å².